The van der Waals surface area contributed by atoms with Crippen LogP contribution in [0.4, 0.5) is 0 Å². The standard InChI is InChI=1S/C17H22O3S.Na/c1-4-5-6-14-11-17(21(18,19)20)16-10-8-13(12(2)3)7-9-15(14)16;/h7-12H,4-6H2,1-3H3,(H,18,19,20);/q;+1/p-1. The van der Waals surface area contributed by atoms with E-state index in [4.69, 9.17) is 0 Å². The molecule has 0 aromatic heterocycles. The van der Waals surface area contributed by atoms with E-state index < -0.39 is 10.1 Å². The van der Waals surface area contributed by atoms with Crippen molar-refractivity contribution in [1.82, 2.24) is 0 Å². The molecule has 3 nitrogen and oxygen atoms in total. The maximum absolute atomic E-state index is 11.5. The van der Waals surface area contributed by atoms with Crippen molar-refractivity contribution >= 4 is 10.1 Å². The molecule has 0 fully saturated rings. The van der Waals surface area contributed by atoms with Gasteiger partial charge in [0.2, 0.25) is 0 Å². The predicted molar refractivity (Wildman–Crippen MR) is 83.7 cm³/mol. The van der Waals surface area contributed by atoms with Crippen LogP contribution in [-0.2, 0) is 16.5 Å². The zero-order valence-corrected chi connectivity index (χ0v) is 16.5. The van der Waals surface area contributed by atoms with E-state index in [1.165, 1.54) is 0 Å². The number of rotatable bonds is 5. The summed E-state index contributed by atoms with van der Waals surface area (Å²) in [6.07, 6.45) is 2.80. The summed E-state index contributed by atoms with van der Waals surface area (Å²) >= 11 is 0. The molecule has 22 heavy (non-hydrogen) atoms. The van der Waals surface area contributed by atoms with Gasteiger partial charge in [-0.2, -0.15) is 0 Å². The Morgan fingerprint density at radius 2 is 1.68 bits per heavy atom. The largest absolute Gasteiger partial charge is 1.00 e. The van der Waals surface area contributed by atoms with Crippen molar-refractivity contribution in [3.05, 3.63) is 41.5 Å². The first-order valence-electron chi connectivity index (χ1n) is 7.36. The summed E-state index contributed by atoms with van der Waals surface area (Å²) in [6, 6.07) is 9.20. The van der Waals surface area contributed by atoms with Gasteiger partial charge in [0.25, 0.3) is 0 Å². The molecular formula is C17H21NaO3S. The molecule has 5 heteroatoms. The van der Waals surface area contributed by atoms with Gasteiger partial charge in [-0.25, -0.2) is 8.42 Å². The Balaban J connectivity index is 0.00000242. The van der Waals surface area contributed by atoms with Crippen molar-refractivity contribution in [1.29, 1.82) is 0 Å². The zero-order chi connectivity index (χ0) is 15.6. The molecule has 0 unspecified atom stereocenters. The average molecular weight is 328 g/mol. The van der Waals surface area contributed by atoms with Crippen molar-refractivity contribution in [3.63, 3.8) is 0 Å². The minimum Gasteiger partial charge on any atom is -0.744 e. The third kappa shape index (κ3) is 4.33. The zero-order valence-electron chi connectivity index (χ0n) is 13.7. The normalized spacial score (nSPS) is 11.7. The monoisotopic (exact) mass is 328 g/mol. The Hall–Kier alpha value is -0.390. The van der Waals surface area contributed by atoms with Gasteiger partial charge in [0.15, 0.2) is 0 Å². The van der Waals surface area contributed by atoms with Gasteiger partial charge in [-0.05, 0) is 47.1 Å². The fraction of sp³-hybridized carbons (Fsp3) is 0.412. The van der Waals surface area contributed by atoms with Crippen molar-refractivity contribution in [3.8, 4) is 11.1 Å². The van der Waals surface area contributed by atoms with Crippen molar-refractivity contribution in [2.24, 2.45) is 0 Å². The fourth-order valence-electron chi connectivity index (χ4n) is 2.57. The van der Waals surface area contributed by atoms with Crippen LogP contribution >= 0.6 is 0 Å². The molecule has 2 aliphatic rings. The van der Waals surface area contributed by atoms with Gasteiger partial charge in [-0.3, -0.25) is 0 Å². The van der Waals surface area contributed by atoms with Gasteiger partial charge < -0.3 is 4.55 Å². The van der Waals surface area contributed by atoms with Crippen molar-refractivity contribution < 1.29 is 42.5 Å². The molecule has 0 spiro atoms. The van der Waals surface area contributed by atoms with E-state index in [0.717, 1.165) is 36.0 Å². The van der Waals surface area contributed by atoms with Crippen LogP contribution in [0.5, 0.6) is 0 Å². The Labute approximate surface area is 155 Å². The summed E-state index contributed by atoms with van der Waals surface area (Å²) in [6.45, 7) is 6.26. The van der Waals surface area contributed by atoms with E-state index in [1.807, 2.05) is 18.2 Å². The minimum absolute atomic E-state index is 0. The molecule has 0 N–H and O–H groups in total. The van der Waals surface area contributed by atoms with Gasteiger partial charge in [-0.15, -0.1) is 0 Å². The van der Waals surface area contributed by atoms with Crippen LogP contribution in [-0.4, -0.2) is 13.0 Å². The molecule has 0 heterocycles. The average Bonchev–Trinajstić information content (AvgIpc) is 2.60. The summed E-state index contributed by atoms with van der Waals surface area (Å²) in [5.41, 5.74) is 3.50. The van der Waals surface area contributed by atoms with E-state index in [-0.39, 0.29) is 34.5 Å². The van der Waals surface area contributed by atoms with Crippen LogP contribution < -0.4 is 29.6 Å². The summed E-state index contributed by atoms with van der Waals surface area (Å²) in [5.74, 6) is 0.355. The molecule has 0 bridgehead atoms. The van der Waals surface area contributed by atoms with Crippen LogP contribution in [0.2, 0.25) is 0 Å². The molecule has 0 radical (unpaired) electrons. The molecule has 0 saturated carbocycles. The van der Waals surface area contributed by atoms with E-state index >= 15 is 0 Å². The van der Waals surface area contributed by atoms with Gasteiger partial charge in [0.05, 0.1) is 4.90 Å². The first-order chi connectivity index (χ1) is 9.84. The number of aryl methyl sites for hydroxylation is 1. The maximum atomic E-state index is 11.5. The Morgan fingerprint density at radius 1 is 1.09 bits per heavy atom. The smallest absolute Gasteiger partial charge is 0.744 e. The molecule has 114 valence electrons. The van der Waals surface area contributed by atoms with Gasteiger partial charge in [0, 0.05) is 0 Å². The van der Waals surface area contributed by atoms with E-state index in [2.05, 4.69) is 20.8 Å². The van der Waals surface area contributed by atoms with Crippen LogP contribution in [0.15, 0.2) is 35.2 Å². The fourth-order valence-corrected chi connectivity index (χ4v) is 3.30. The van der Waals surface area contributed by atoms with E-state index in [0.29, 0.717) is 11.5 Å². The second-order valence-corrected chi connectivity index (χ2v) is 7.09. The molecule has 0 amide bonds. The van der Waals surface area contributed by atoms with Crippen LogP contribution in [0.1, 0.15) is 50.7 Å². The third-order valence-corrected chi connectivity index (χ3v) is 4.70. The number of fused-ring (bicyclic) bond motifs is 1. The summed E-state index contributed by atoms with van der Waals surface area (Å²) < 4.78 is 34.5. The third-order valence-electron chi connectivity index (χ3n) is 3.83. The van der Waals surface area contributed by atoms with Crippen LogP contribution in [0.3, 0.4) is 0 Å². The molecule has 0 atom stereocenters. The Bertz CT molecular complexity index is 708. The van der Waals surface area contributed by atoms with Gasteiger partial charge >= 0.3 is 29.6 Å². The molecule has 2 rings (SSSR count). The van der Waals surface area contributed by atoms with Crippen LogP contribution in [0.25, 0.3) is 11.1 Å². The summed E-state index contributed by atoms with van der Waals surface area (Å²) in [4.78, 5) is -0.0884. The molecule has 0 aliphatic heterocycles. The molecule has 0 aromatic rings. The summed E-state index contributed by atoms with van der Waals surface area (Å²) in [7, 11) is -4.45. The first kappa shape index (κ1) is 19.7. The molecule has 0 aromatic carbocycles. The molecule has 2 aliphatic carbocycles. The quantitative estimate of drug-likeness (QED) is 0.611. The SMILES string of the molecule is CCCCc1cc(S(=O)(=O)[O-])c2ccc(C(C)C)ccc1-2.[Na+]. The number of unbranched alkanes of at least 4 members (excludes halogenated alkanes) is 1. The van der Waals surface area contributed by atoms with Crippen molar-refractivity contribution in [2.45, 2.75) is 50.8 Å². The topological polar surface area (TPSA) is 57.2 Å². The molecular weight excluding hydrogens is 307 g/mol. The van der Waals surface area contributed by atoms with Crippen molar-refractivity contribution in [2.75, 3.05) is 0 Å². The Kier molecular flexibility index (Phi) is 7.09. The summed E-state index contributed by atoms with van der Waals surface area (Å²) in [5, 5.41) is 0. The second kappa shape index (κ2) is 7.93. The Morgan fingerprint density at radius 3 is 2.18 bits per heavy atom. The van der Waals surface area contributed by atoms with Crippen LogP contribution in [0, 0.1) is 0 Å². The van der Waals surface area contributed by atoms with E-state index in [1.54, 1.807) is 12.1 Å². The van der Waals surface area contributed by atoms with E-state index in [9.17, 15) is 13.0 Å². The number of hydrogen-bond donors (Lipinski definition) is 0. The molecule has 0 saturated heterocycles. The first-order valence-corrected chi connectivity index (χ1v) is 8.77. The van der Waals surface area contributed by atoms with Gasteiger partial charge in [0.1, 0.15) is 10.1 Å². The minimum atomic E-state index is -4.45. The predicted octanol–water partition coefficient (Wildman–Crippen LogP) is 1.17. The maximum Gasteiger partial charge on any atom is 1.00 e. The number of hydrogen-bond acceptors (Lipinski definition) is 3. The van der Waals surface area contributed by atoms with Gasteiger partial charge in [-0.1, -0.05) is 51.5 Å². The second-order valence-electron chi connectivity index (χ2n) is 5.74.